The van der Waals surface area contributed by atoms with E-state index in [1.807, 2.05) is 0 Å². The number of aryl methyl sites for hydroxylation is 1. The van der Waals surface area contributed by atoms with Crippen molar-refractivity contribution < 1.29 is 12.9 Å². The van der Waals surface area contributed by atoms with Crippen molar-refractivity contribution in [2.45, 2.75) is 11.1 Å². The molecule has 0 spiro atoms. The smallest absolute Gasteiger partial charge is 0.272 e. The molecule has 0 aliphatic carbocycles. The first-order valence-electron chi connectivity index (χ1n) is 6.37. The normalized spacial score (nSPS) is 11.4. The fraction of sp³-hybridized carbons (Fsp3) is 0.0769. The summed E-state index contributed by atoms with van der Waals surface area (Å²) >= 11 is 6.74. The Hall–Kier alpha value is -2.10. The molecule has 10 heteroatoms. The Kier molecular flexibility index (Phi) is 4.24. The predicted molar refractivity (Wildman–Crippen MR) is 88.9 cm³/mol. The third-order valence-electron chi connectivity index (χ3n) is 2.72. The van der Waals surface area contributed by atoms with E-state index in [0.29, 0.717) is 21.6 Å². The third-order valence-corrected chi connectivity index (χ3v) is 5.79. The summed E-state index contributed by atoms with van der Waals surface area (Å²) in [5.41, 5.74) is 0.653. The summed E-state index contributed by atoms with van der Waals surface area (Å²) in [4.78, 5) is 4.06. The van der Waals surface area contributed by atoms with Gasteiger partial charge in [-0.2, -0.15) is 0 Å². The van der Waals surface area contributed by atoms with Gasteiger partial charge in [-0.3, -0.25) is 4.72 Å². The molecule has 0 aromatic carbocycles. The van der Waals surface area contributed by atoms with Crippen molar-refractivity contribution in [2.24, 2.45) is 0 Å². The van der Waals surface area contributed by atoms with Crippen molar-refractivity contribution in [3.63, 3.8) is 0 Å². The molecular formula is C13H11ClN4O3S2. The first kappa shape index (κ1) is 15.8. The molecule has 3 aromatic heterocycles. The molecule has 3 rings (SSSR count). The van der Waals surface area contributed by atoms with Gasteiger partial charge >= 0.3 is 0 Å². The Balaban J connectivity index is 1.72. The lowest BCUT2D eigenvalue weighted by Gasteiger charge is -2.06. The molecule has 0 bridgehead atoms. The first-order valence-corrected chi connectivity index (χ1v) is 9.05. The van der Waals surface area contributed by atoms with Crippen LogP contribution >= 0.6 is 22.9 Å². The van der Waals surface area contributed by atoms with Crippen LogP contribution in [0.15, 0.2) is 45.3 Å². The Morgan fingerprint density at radius 3 is 2.61 bits per heavy atom. The van der Waals surface area contributed by atoms with Crippen LogP contribution in [-0.2, 0) is 10.0 Å². The van der Waals surface area contributed by atoms with Crippen LogP contribution < -0.4 is 10.0 Å². The van der Waals surface area contributed by atoms with E-state index in [2.05, 4.69) is 20.2 Å². The Labute approximate surface area is 141 Å². The van der Waals surface area contributed by atoms with Gasteiger partial charge in [-0.15, -0.1) is 11.3 Å². The largest absolute Gasteiger partial charge is 0.360 e. The fourth-order valence-corrected chi connectivity index (χ4v) is 4.22. The molecule has 0 saturated heterocycles. The lowest BCUT2D eigenvalue weighted by atomic mass is 10.4. The van der Waals surface area contributed by atoms with Gasteiger partial charge in [0, 0.05) is 6.07 Å². The number of hydrogen-bond acceptors (Lipinski definition) is 7. The number of nitrogens with zero attached hydrogens (tertiary/aromatic N) is 2. The van der Waals surface area contributed by atoms with Gasteiger partial charge in [0.05, 0.1) is 16.2 Å². The lowest BCUT2D eigenvalue weighted by molar-refractivity contribution is 0.400. The number of pyridine rings is 1. The highest BCUT2D eigenvalue weighted by atomic mass is 35.5. The van der Waals surface area contributed by atoms with Crippen LogP contribution in [-0.4, -0.2) is 18.6 Å². The van der Waals surface area contributed by atoms with Crippen molar-refractivity contribution >= 4 is 50.3 Å². The lowest BCUT2D eigenvalue weighted by Crippen LogP contribution is -2.12. The van der Waals surface area contributed by atoms with Crippen molar-refractivity contribution in [3.05, 3.63) is 46.6 Å². The van der Waals surface area contributed by atoms with Gasteiger partial charge in [-0.05, 0) is 31.2 Å². The molecule has 0 fully saturated rings. The summed E-state index contributed by atoms with van der Waals surface area (Å²) in [5, 5.41) is 6.79. The van der Waals surface area contributed by atoms with E-state index < -0.39 is 10.0 Å². The minimum absolute atomic E-state index is 0.129. The molecule has 3 aromatic rings. The van der Waals surface area contributed by atoms with Crippen LogP contribution in [0.4, 0.5) is 17.3 Å². The summed E-state index contributed by atoms with van der Waals surface area (Å²) < 4.78 is 32.2. The summed E-state index contributed by atoms with van der Waals surface area (Å²) in [6.45, 7) is 1.78. The highest BCUT2D eigenvalue weighted by Crippen LogP contribution is 2.27. The molecule has 0 amide bonds. The van der Waals surface area contributed by atoms with Crippen LogP contribution in [0.3, 0.4) is 0 Å². The number of sulfonamides is 1. The number of anilines is 3. The number of halogens is 1. The Morgan fingerprint density at radius 2 is 2.04 bits per heavy atom. The average molecular weight is 371 g/mol. The van der Waals surface area contributed by atoms with Crippen LogP contribution in [0.2, 0.25) is 4.34 Å². The number of aromatic nitrogens is 2. The molecule has 7 nitrogen and oxygen atoms in total. The highest BCUT2D eigenvalue weighted by Gasteiger charge is 2.17. The first-order chi connectivity index (χ1) is 10.9. The van der Waals surface area contributed by atoms with Crippen LogP contribution in [0, 0.1) is 6.92 Å². The SMILES string of the molecule is Cc1cc(Nc2ccc(NS(=O)(=O)c3ccc(Cl)s3)nc2)no1. The van der Waals surface area contributed by atoms with Gasteiger partial charge in [0.25, 0.3) is 10.0 Å². The highest BCUT2D eigenvalue weighted by molar-refractivity contribution is 7.94. The molecule has 23 heavy (non-hydrogen) atoms. The Morgan fingerprint density at radius 1 is 1.22 bits per heavy atom. The zero-order chi connectivity index (χ0) is 16.4. The molecule has 0 unspecified atom stereocenters. The van der Waals surface area contributed by atoms with E-state index in [9.17, 15) is 8.42 Å². The number of hydrogen-bond donors (Lipinski definition) is 2. The second-order valence-corrected chi connectivity index (χ2v) is 8.17. The minimum Gasteiger partial charge on any atom is -0.360 e. The fourth-order valence-electron chi connectivity index (χ4n) is 1.73. The molecule has 0 atom stereocenters. The van der Waals surface area contributed by atoms with Gasteiger partial charge in [0.1, 0.15) is 15.8 Å². The van der Waals surface area contributed by atoms with E-state index in [4.69, 9.17) is 16.1 Å². The molecule has 120 valence electrons. The summed E-state index contributed by atoms with van der Waals surface area (Å²) in [6, 6.07) is 7.93. The molecule has 0 aliphatic rings. The predicted octanol–water partition coefficient (Wildman–Crippen LogP) is 3.64. The van der Waals surface area contributed by atoms with E-state index >= 15 is 0 Å². The van der Waals surface area contributed by atoms with E-state index in [1.54, 1.807) is 25.1 Å². The number of rotatable bonds is 5. The number of thiophene rings is 1. The maximum atomic E-state index is 12.2. The van der Waals surface area contributed by atoms with Crippen molar-refractivity contribution in [3.8, 4) is 0 Å². The van der Waals surface area contributed by atoms with Crippen LogP contribution in [0.5, 0.6) is 0 Å². The van der Waals surface area contributed by atoms with Crippen LogP contribution in [0.1, 0.15) is 5.76 Å². The molecule has 2 N–H and O–H groups in total. The minimum atomic E-state index is -3.69. The second kappa shape index (κ2) is 6.19. The van der Waals surface area contributed by atoms with Crippen molar-refractivity contribution in [1.82, 2.24) is 10.1 Å². The molecule has 0 aliphatic heterocycles. The number of nitrogens with one attached hydrogen (secondary N) is 2. The van der Waals surface area contributed by atoms with E-state index in [0.717, 1.165) is 11.3 Å². The maximum absolute atomic E-state index is 12.2. The van der Waals surface area contributed by atoms with Crippen LogP contribution in [0.25, 0.3) is 0 Å². The van der Waals surface area contributed by atoms with Gasteiger partial charge in [-0.1, -0.05) is 16.8 Å². The topological polar surface area (TPSA) is 97.1 Å². The third kappa shape index (κ3) is 3.81. The van der Waals surface area contributed by atoms with Gasteiger partial charge in [0.15, 0.2) is 5.82 Å². The summed E-state index contributed by atoms with van der Waals surface area (Å²) in [6.07, 6.45) is 1.49. The van der Waals surface area contributed by atoms with E-state index in [-0.39, 0.29) is 10.0 Å². The molecule has 0 saturated carbocycles. The van der Waals surface area contributed by atoms with E-state index in [1.165, 1.54) is 18.3 Å². The Bertz CT molecular complexity index is 919. The second-order valence-electron chi connectivity index (χ2n) is 4.54. The zero-order valence-electron chi connectivity index (χ0n) is 11.8. The summed E-state index contributed by atoms with van der Waals surface area (Å²) in [5.74, 6) is 1.43. The van der Waals surface area contributed by atoms with Gasteiger partial charge in [-0.25, -0.2) is 13.4 Å². The standard InChI is InChI=1S/C13H11ClN4O3S2/c1-8-6-12(17-21-8)16-9-2-4-11(15-7-9)18-23(19,20)13-5-3-10(14)22-13/h2-7H,1H3,(H,15,18)(H,16,17). The maximum Gasteiger partial charge on any atom is 0.272 e. The van der Waals surface area contributed by atoms with Gasteiger partial charge < -0.3 is 9.84 Å². The van der Waals surface area contributed by atoms with Gasteiger partial charge in [0.2, 0.25) is 0 Å². The monoisotopic (exact) mass is 370 g/mol. The molecule has 0 radical (unpaired) electrons. The molecule has 3 heterocycles. The quantitative estimate of drug-likeness (QED) is 0.711. The summed E-state index contributed by atoms with van der Waals surface area (Å²) in [7, 11) is -3.69. The zero-order valence-corrected chi connectivity index (χ0v) is 14.2. The van der Waals surface area contributed by atoms with Crippen molar-refractivity contribution in [2.75, 3.05) is 10.0 Å². The van der Waals surface area contributed by atoms with Crippen molar-refractivity contribution in [1.29, 1.82) is 0 Å². The average Bonchev–Trinajstić information content (AvgIpc) is 3.10. The molecular weight excluding hydrogens is 360 g/mol.